The molecule has 0 saturated heterocycles. The third kappa shape index (κ3) is 6.98. The van der Waals surface area contributed by atoms with E-state index in [2.05, 4.69) is 15.6 Å². The molecule has 1 heterocycles. The molecule has 2 N–H and O–H groups in total. The highest BCUT2D eigenvalue weighted by Crippen LogP contribution is 2.29. The van der Waals surface area contributed by atoms with E-state index in [1.807, 2.05) is 19.1 Å². The molecule has 166 valence electrons. The number of hydrogen-bond donors (Lipinski definition) is 2. The summed E-state index contributed by atoms with van der Waals surface area (Å²) in [7, 11) is 0. The van der Waals surface area contributed by atoms with Crippen LogP contribution in [0.25, 0.3) is 0 Å². The zero-order chi connectivity index (χ0) is 21.9. The molecule has 0 radical (unpaired) electrons. The normalized spacial score (nSPS) is 14.0. The first-order valence-corrected chi connectivity index (χ1v) is 11.0. The van der Waals surface area contributed by atoms with Crippen molar-refractivity contribution in [3.8, 4) is 11.5 Å². The Balaban J connectivity index is 1.49. The van der Waals surface area contributed by atoms with Gasteiger partial charge in [0.15, 0.2) is 11.5 Å². The lowest BCUT2D eigenvalue weighted by molar-refractivity contribution is -0.125. The Hall–Kier alpha value is -3.09. The molecule has 7 heteroatoms. The number of benzene rings is 1. The Morgan fingerprint density at radius 2 is 1.84 bits per heavy atom. The number of carbonyl (C=O) groups is 2. The molecule has 1 saturated carbocycles. The largest absolute Gasteiger partial charge is 0.490 e. The number of rotatable bonds is 10. The van der Waals surface area contributed by atoms with Gasteiger partial charge >= 0.3 is 0 Å². The van der Waals surface area contributed by atoms with Gasteiger partial charge in [0.1, 0.15) is 6.61 Å². The number of pyridine rings is 1. The molecule has 1 aromatic carbocycles. The fourth-order valence-electron chi connectivity index (χ4n) is 3.65. The van der Waals surface area contributed by atoms with Crippen LogP contribution in [0.1, 0.15) is 54.9 Å². The molecule has 0 aliphatic heterocycles. The number of hydrogen-bond acceptors (Lipinski definition) is 5. The number of carbonyl (C=O) groups excluding carboxylic acids is 2. The molecule has 31 heavy (non-hydrogen) atoms. The van der Waals surface area contributed by atoms with Gasteiger partial charge in [0, 0.05) is 42.5 Å². The van der Waals surface area contributed by atoms with Gasteiger partial charge < -0.3 is 20.1 Å². The van der Waals surface area contributed by atoms with Crippen LogP contribution in [0.5, 0.6) is 11.5 Å². The van der Waals surface area contributed by atoms with E-state index in [0.29, 0.717) is 43.4 Å². The van der Waals surface area contributed by atoms with E-state index in [1.54, 1.807) is 30.6 Å². The van der Waals surface area contributed by atoms with Crippen molar-refractivity contribution in [2.24, 2.45) is 5.92 Å². The summed E-state index contributed by atoms with van der Waals surface area (Å²) in [5.74, 6) is 1.10. The lowest BCUT2D eigenvalue weighted by atomic mass is 9.89. The Morgan fingerprint density at radius 3 is 2.58 bits per heavy atom. The van der Waals surface area contributed by atoms with Gasteiger partial charge in [-0.05, 0) is 44.0 Å². The predicted molar refractivity (Wildman–Crippen MR) is 118 cm³/mol. The van der Waals surface area contributed by atoms with Gasteiger partial charge in [-0.3, -0.25) is 14.6 Å². The first-order chi connectivity index (χ1) is 15.2. The van der Waals surface area contributed by atoms with Crippen LogP contribution >= 0.6 is 0 Å². The second-order valence-corrected chi connectivity index (χ2v) is 7.63. The molecule has 7 nitrogen and oxygen atoms in total. The molecular formula is C24H31N3O4. The number of nitrogens with one attached hydrogen (secondary N) is 2. The summed E-state index contributed by atoms with van der Waals surface area (Å²) in [4.78, 5) is 28.8. The first-order valence-electron chi connectivity index (χ1n) is 11.0. The van der Waals surface area contributed by atoms with Crippen LogP contribution in [0.15, 0.2) is 42.7 Å². The minimum absolute atomic E-state index is 0.0997. The van der Waals surface area contributed by atoms with Gasteiger partial charge in [-0.2, -0.15) is 0 Å². The van der Waals surface area contributed by atoms with E-state index >= 15 is 0 Å². The second-order valence-electron chi connectivity index (χ2n) is 7.63. The van der Waals surface area contributed by atoms with E-state index < -0.39 is 0 Å². The number of nitrogens with zero attached hydrogens (tertiary/aromatic N) is 1. The smallest absolute Gasteiger partial charge is 0.251 e. The Labute approximate surface area is 183 Å². The lowest BCUT2D eigenvalue weighted by Crippen LogP contribution is -2.38. The van der Waals surface area contributed by atoms with Crippen molar-refractivity contribution >= 4 is 11.8 Å². The summed E-state index contributed by atoms with van der Waals surface area (Å²) in [5.41, 5.74) is 1.43. The van der Waals surface area contributed by atoms with Crippen LogP contribution in [0.2, 0.25) is 0 Å². The lowest BCUT2D eigenvalue weighted by Gasteiger charge is -2.20. The summed E-state index contributed by atoms with van der Waals surface area (Å²) >= 11 is 0. The molecule has 1 aliphatic carbocycles. The molecule has 0 unspecified atom stereocenters. The van der Waals surface area contributed by atoms with Gasteiger partial charge in [0.25, 0.3) is 5.91 Å². The monoisotopic (exact) mass is 425 g/mol. The third-order valence-corrected chi connectivity index (χ3v) is 5.31. The molecule has 1 aliphatic rings. The Kier molecular flexibility index (Phi) is 8.70. The minimum Gasteiger partial charge on any atom is -0.490 e. The molecule has 2 amide bonds. The number of ether oxygens (including phenoxy) is 2. The molecule has 1 fully saturated rings. The maximum Gasteiger partial charge on any atom is 0.251 e. The summed E-state index contributed by atoms with van der Waals surface area (Å²) in [6.45, 7) is 3.50. The summed E-state index contributed by atoms with van der Waals surface area (Å²) < 4.78 is 11.5. The van der Waals surface area contributed by atoms with Gasteiger partial charge in [0.05, 0.1) is 6.61 Å². The van der Waals surface area contributed by atoms with E-state index in [1.165, 1.54) is 6.42 Å². The van der Waals surface area contributed by atoms with E-state index in [0.717, 1.165) is 31.2 Å². The predicted octanol–water partition coefficient (Wildman–Crippen LogP) is 3.49. The maximum absolute atomic E-state index is 12.5. The van der Waals surface area contributed by atoms with Crippen molar-refractivity contribution in [2.75, 3.05) is 19.7 Å². The van der Waals surface area contributed by atoms with Crippen LogP contribution in [-0.4, -0.2) is 36.5 Å². The van der Waals surface area contributed by atoms with Crippen LogP contribution < -0.4 is 20.1 Å². The highest BCUT2D eigenvalue weighted by Gasteiger charge is 2.20. The Bertz CT molecular complexity index is 851. The fraction of sp³-hybridized carbons (Fsp3) is 0.458. The number of amides is 2. The quantitative estimate of drug-likeness (QED) is 0.569. The molecule has 1 aromatic heterocycles. The summed E-state index contributed by atoms with van der Waals surface area (Å²) in [6.07, 6.45) is 8.86. The Morgan fingerprint density at radius 1 is 1.03 bits per heavy atom. The van der Waals surface area contributed by atoms with Crippen molar-refractivity contribution in [1.82, 2.24) is 15.6 Å². The number of aromatic nitrogens is 1. The molecule has 3 rings (SSSR count). The zero-order valence-electron chi connectivity index (χ0n) is 18.1. The maximum atomic E-state index is 12.5. The van der Waals surface area contributed by atoms with Crippen LogP contribution in [0, 0.1) is 5.92 Å². The van der Waals surface area contributed by atoms with E-state index in [4.69, 9.17) is 9.47 Å². The average Bonchev–Trinajstić information content (AvgIpc) is 2.82. The van der Waals surface area contributed by atoms with Crippen molar-refractivity contribution in [3.05, 3.63) is 53.9 Å². The first kappa shape index (κ1) is 22.6. The van der Waals surface area contributed by atoms with Crippen molar-refractivity contribution in [1.29, 1.82) is 0 Å². The molecular weight excluding hydrogens is 394 g/mol. The van der Waals surface area contributed by atoms with Gasteiger partial charge in [-0.25, -0.2) is 0 Å². The SMILES string of the molecule is CCOc1cc(C(=O)NCCNC(=O)C2CCCCC2)ccc1OCc1cccnc1. The summed E-state index contributed by atoms with van der Waals surface area (Å²) in [5, 5.41) is 5.77. The van der Waals surface area contributed by atoms with E-state index in [9.17, 15) is 9.59 Å². The van der Waals surface area contributed by atoms with Gasteiger partial charge in [-0.15, -0.1) is 0 Å². The highest BCUT2D eigenvalue weighted by molar-refractivity contribution is 5.94. The van der Waals surface area contributed by atoms with Gasteiger partial charge in [0.2, 0.25) is 5.91 Å². The fourth-order valence-corrected chi connectivity index (χ4v) is 3.65. The summed E-state index contributed by atoms with van der Waals surface area (Å²) in [6, 6.07) is 8.91. The van der Waals surface area contributed by atoms with Crippen molar-refractivity contribution in [3.63, 3.8) is 0 Å². The van der Waals surface area contributed by atoms with Crippen molar-refractivity contribution in [2.45, 2.75) is 45.6 Å². The second kappa shape index (κ2) is 11.9. The minimum atomic E-state index is -0.216. The van der Waals surface area contributed by atoms with Crippen LogP contribution in [0.3, 0.4) is 0 Å². The molecule has 0 spiro atoms. The van der Waals surface area contributed by atoms with Gasteiger partial charge in [-0.1, -0.05) is 25.3 Å². The average molecular weight is 426 g/mol. The third-order valence-electron chi connectivity index (χ3n) is 5.31. The topological polar surface area (TPSA) is 89.6 Å². The molecule has 0 bridgehead atoms. The van der Waals surface area contributed by atoms with Crippen LogP contribution in [-0.2, 0) is 11.4 Å². The van der Waals surface area contributed by atoms with Crippen molar-refractivity contribution < 1.29 is 19.1 Å². The molecule has 2 aromatic rings. The zero-order valence-corrected chi connectivity index (χ0v) is 18.1. The standard InChI is InChI=1S/C24H31N3O4/c1-2-30-22-15-20(10-11-21(22)31-17-18-7-6-12-25-16-18)24(29)27-14-13-26-23(28)19-8-4-3-5-9-19/h6-7,10-12,15-16,19H,2-5,8-9,13-14,17H2,1H3,(H,26,28)(H,27,29). The van der Waals surface area contributed by atoms with E-state index in [-0.39, 0.29) is 17.7 Å². The molecule has 0 atom stereocenters. The van der Waals surface area contributed by atoms with Crippen LogP contribution in [0.4, 0.5) is 0 Å². The highest BCUT2D eigenvalue weighted by atomic mass is 16.5.